The van der Waals surface area contributed by atoms with Crippen molar-refractivity contribution in [3.05, 3.63) is 58.9 Å². The molecule has 7 nitrogen and oxygen atoms in total. The molecule has 0 unspecified atom stereocenters. The quantitative estimate of drug-likeness (QED) is 0.549. The van der Waals surface area contributed by atoms with E-state index in [0.717, 1.165) is 17.8 Å². The molecular formula is C22H21F2N5O2S. The summed E-state index contributed by atoms with van der Waals surface area (Å²) in [6.45, 7) is 5.07. The zero-order chi connectivity index (χ0) is 23.7. The molecule has 0 aromatic carbocycles. The molecule has 0 radical (unpaired) electrons. The summed E-state index contributed by atoms with van der Waals surface area (Å²) in [7, 11) is 1.27. The summed E-state index contributed by atoms with van der Waals surface area (Å²) in [6.07, 6.45) is 3.59. The Labute approximate surface area is 188 Å². The molecule has 0 saturated carbocycles. The van der Waals surface area contributed by atoms with Crippen LogP contribution >= 0.6 is 11.8 Å². The van der Waals surface area contributed by atoms with Crippen molar-refractivity contribution < 1.29 is 18.3 Å². The molecule has 1 aliphatic heterocycles. The number of nitrogens with two attached hydrogens (primary N) is 1. The number of nitrogens with zero attached hydrogens (tertiary/aromatic N) is 4. The Balaban J connectivity index is 2.07. The second-order valence-corrected chi connectivity index (χ2v) is 9.13. The van der Waals surface area contributed by atoms with Crippen LogP contribution in [0.4, 0.5) is 8.78 Å². The lowest BCUT2D eigenvalue weighted by molar-refractivity contribution is -0.145. The molecule has 32 heavy (non-hydrogen) atoms. The fourth-order valence-electron chi connectivity index (χ4n) is 3.62. The summed E-state index contributed by atoms with van der Waals surface area (Å²) in [5.41, 5.74) is 5.40. The van der Waals surface area contributed by atoms with Gasteiger partial charge in [-0.1, -0.05) is 18.7 Å². The van der Waals surface area contributed by atoms with Crippen LogP contribution in [0.5, 0.6) is 0 Å². The van der Waals surface area contributed by atoms with E-state index in [-0.39, 0.29) is 22.0 Å². The molecule has 3 rings (SSSR count). The van der Waals surface area contributed by atoms with Gasteiger partial charge in [0.05, 0.1) is 23.9 Å². The molecule has 10 heteroatoms. The molecule has 1 aliphatic rings. The molecule has 166 valence electrons. The lowest BCUT2D eigenvalue weighted by Crippen LogP contribution is -2.53. The number of carbonyl (C=O) groups is 1. The molecule has 0 saturated heterocycles. The number of nitriles is 1. The molecule has 0 spiro atoms. The molecular weight excluding hydrogens is 436 g/mol. The fourth-order valence-corrected chi connectivity index (χ4v) is 4.87. The number of esters is 1. The van der Waals surface area contributed by atoms with Crippen molar-refractivity contribution in [1.29, 1.82) is 5.26 Å². The van der Waals surface area contributed by atoms with Crippen molar-refractivity contribution in [3.63, 3.8) is 0 Å². The number of pyridine rings is 2. The third-order valence-corrected chi connectivity index (χ3v) is 7.00. The highest BCUT2D eigenvalue weighted by Gasteiger charge is 2.54. The van der Waals surface area contributed by atoms with Crippen molar-refractivity contribution in [1.82, 2.24) is 9.97 Å². The van der Waals surface area contributed by atoms with Gasteiger partial charge in [0.15, 0.2) is 5.17 Å². The Morgan fingerprint density at radius 2 is 2.06 bits per heavy atom. The zero-order valence-electron chi connectivity index (χ0n) is 17.9. The van der Waals surface area contributed by atoms with Gasteiger partial charge in [-0.05, 0) is 43.7 Å². The summed E-state index contributed by atoms with van der Waals surface area (Å²) in [6, 6.07) is 6.15. The van der Waals surface area contributed by atoms with E-state index < -0.39 is 33.9 Å². The maximum absolute atomic E-state index is 14.9. The van der Waals surface area contributed by atoms with E-state index in [1.54, 1.807) is 20.8 Å². The number of rotatable bonds is 4. The monoisotopic (exact) mass is 457 g/mol. The van der Waals surface area contributed by atoms with Crippen LogP contribution in [0.3, 0.4) is 0 Å². The first-order chi connectivity index (χ1) is 15.0. The summed E-state index contributed by atoms with van der Waals surface area (Å²) in [5.74, 6) is -2.54. The summed E-state index contributed by atoms with van der Waals surface area (Å²) >= 11 is 1.05. The lowest BCUT2D eigenvalue weighted by atomic mass is 9.74. The van der Waals surface area contributed by atoms with Crippen molar-refractivity contribution >= 4 is 34.8 Å². The first kappa shape index (κ1) is 23.3. The van der Waals surface area contributed by atoms with E-state index in [0.29, 0.717) is 5.56 Å². The molecule has 3 heterocycles. The number of hydrogen-bond donors (Lipinski definition) is 1. The molecule has 3 atom stereocenters. The van der Waals surface area contributed by atoms with E-state index in [1.165, 1.54) is 37.7 Å². The Morgan fingerprint density at radius 3 is 2.66 bits per heavy atom. The highest BCUT2D eigenvalue weighted by Crippen LogP contribution is 2.50. The highest BCUT2D eigenvalue weighted by atomic mass is 32.2. The number of hydrogen-bond acceptors (Lipinski definition) is 8. The average Bonchev–Trinajstić information content (AvgIpc) is 2.78. The first-order valence-corrected chi connectivity index (χ1v) is 10.4. The second kappa shape index (κ2) is 8.67. The Kier molecular flexibility index (Phi) is 6.32. The van der Waals surface area contributed by atoms with Crippen molar-refractivity contribution in [2.45, 2.75) is 31.1 Å². The molecule has 2 aromatic heterocycles. The van der Waals surface area contributed by atoms with E-state index >= 15 is 0 Å². The van der Waals surface area contributed by atoms with Gasteiger partial charge < -0.3 is 10.5 Å². The molecule has 2 aromatic rings. The topological polar surface area (TPSA) is 114 Å². The predicted octanol–water partition coefficient (Wildman–Crippen LogP) is 3.80. The third kappa shape index (κ3) is 4.08. The minimum absolute atomic E-state index is 0.0176. The standard InChI is InChI=1S/C22H21F2N5O2S/c1-12-21(2,29-20(26)32-22(12,3)19(30)31-4)15-7-14(11-28-18(15)24)8-16(23)17-6-5-13(9-25)10-27-17/h5-8,10-12H,1-4H3,(H2,26,29)/b16-8-/t12-,21-,22-/m0/s1. The van der Waals surface area contributed by atoms with E-state index in [4.69, 9.17) is 15.7 Å². The van der Waals surface area contributed by atoms with Gasteiger partial charge in [-0.3, -0.25) is 14.8 Å². The SMILES string of the molecule is COC(=O)[C@@]1(C)SC(N)=N[C@](C)(c2cc(/C=C(\F)c3ccc(C#N)cn3)cnc2F)[C@@H]1C. The average molecular weight is 458 g/mol. The number of carbonyl (C=O) groups excluding carboxylic acids is 1. The number of ether oxygens (including phenoxy) is 1. The van der Waals surface area contributed by atoms with Crippen LogP contribution in [-0.2, 0) is 15.1 Å². The van der Waals surface area contributed by atoms with Gasteiger partial charge in [-0.2, -0.15) is 9.65 Å². The van der Waals surface area contributed by atoms with Gasteiger partial charge in [-0.25, -0.2) is 9.37 Å². The molecule has 0 bridgehead atoms. The van der Waals surface area contributed by atoms with Crippen LogP contribution in [0.15, 0.2) is 35.6 Å². The Morgan fingerprint density at radius 1 is 1.34 bits per heavy atom. The van der Waals surface area contributed by atoms with Gasteiger partial charge in [0.1, 0.15) is 16.6 Å². The normalized spacial score (nSPS) is 25.6. The van der Waals surface area contributed by atoms with Gasteiger partial charge in [0.2, 0.25) is 5.95 Å². The molecule has 0 aliphatic carbocycles. The van der Waals surface area contributed by atoms with E-state index in [9.17, 15) is 13.6 Å². The largest absolute Gasteiger partial charge is 0.468 e. The maximum Gasteiger partial charge on any atom is 0.322 e. The number of amidine groups is 1. The van der Waals surface area contributed by atoms with Gasteiger partial charge in [0, 0.05) is 23.9 Å². The lowest BCUT2D eigenvalue weighted by Gasteiger charge is -2.45. The Bertz CT molecular complexity index is 1160. The third-order valence-electron chi connectivity index (χ3n) is 5.76. The van der Waals surface area contributed by atoms with E-state index in [1.807, 2.05) is 6.07 Å². The van der Waals surface area contributed by atoms with Gasteiger partial charge >= 0.3 is 5.97 Å². The van der Waals surface area contributed by atoms with Crippen LogP contribution in [0.2, 0.25) is 0 Å². The number of methoxy groups -OCH3 is 1. The zero-order valence-corrected chi connectivity index (χ0v) is 18.7. The first-order valence-electron chi connectivity index (χ1n) is 9.57. The number of thioether (sulfide) groups is 1. The van der Waals surface area contributed by atoms with Crippen LogP contribution in [0, 0.1) is 23.2 Å². The van der Waals surface area contributed by atoms with Gasteiger partial charge in [0.25, 0.3) is 0 Å². The smallest absolute Gasteiger partial charge is 0.322 e. The van der Waals surface area contributed by atoms with Crippen LogP contribution in [0.25, 0.3) is 11.9 Å². The van der Waals surface area contributed by atoms with Crippen LogP contribution in [0.1, 0.15) is 43.2 Å². The van der Waals surface area contributed by atoms with Crippen LogP contribution < -0.4 is 5.73 Å². The van der Waals surface area contributed by atoms with Crippen molar-refractivity contribution in [2.75, 3.05) is 7.11 Å². The molecule has 0 fully saturated rings. The summed E-state index contributed by atoms with van der Waals surface area (Å²) in [5, 5.41) is 8.95. The fraction of sp³-hybridized carbons (Fsp3) is 0.318. The second-order valence-electron chi connectivity index (χ2n) is 7.66. The number of aromatic nitrogens is 2. The van der Waals surface area contributed by atoms with Crippen LogP contribution in [-0.4, -0.2) is 33.0 Å². The summed E-state index contributed by atoms with van der Waals surface area (Å²) < 4.78 is 33.4. The number of aliphatic imine (C=N–C) groups is 1. The van der Waals surface area contributed by atoms with Gasteiger partial charge in [-0.15, -0.1) is 0 Å². The molecule has 2 N–H and O–H groups in total. The van der Waals surface area contributed by atoms with E-state index in [2.05, 4.69) is 15.0 Å². The van der Waals surface area contributed by atoms with Crippen molar-refractivity contribution in [3.8, 4) is 6.07 Å². The number of halogens is 2. The Hall–Kier alpha value is -3.32. The summed E-state index contributed by atoms with van der Waals surface area (Å²) in [4.78, 5) is 24.6. The van der Waals surface area contributed by atoms with Crippen molar-refractivity contribution in [2.24, 2.45) is 16.6 Å². The highest BCUT2D eigenvalue weighted by molar-refractivity contribution is 8.15. The minimum Gasteiger partial charge on any atom is -0.468 e. The molecule has 0 amide bonds. The minimum atomic E-state index is -1.26. The maximum atomic E-state index is 14.9. The predicted molar refractivity (Wildman–Crippen MR) is 118 cm³/mol.